The lowest BCUT2D eigenvalue weighted by atomic mass is 10.0. The van der Waals surface area contributed by atoms with E-state index in [9.17, 15) is 9.59 Å². The van der Waals surface area contributed by atoms with Crippen molar-refractivity contribution >= 4 is 23.4 Å². The Morgan fingerprint density at radius 3 is 2.35 bits per heavy atom. The van der Waals surface area contributed by atoms with Crippen molar-refractivity contribution in [1.29, 1.82) is 0 Å². The summed E-state index contributed by atoms with van der Waals surface area (Å²) in [5, 5.41) is 12.3. The molecule has 26 heavy (non-hydrogen) atoms. The zero-order valence-corrected chi connectivity index (χ0v) is 15.4. The number of carbonyl (C=O) groups excluding carboxylic acids is 2. The third-order valence-corrected chi connectivity index (χ3v) is 4.23. The van der Waals surface area contributed by atoms with Gasteiger partial charge in [-0.25, -0.2) is 0 Å². The van der Waals surface area contributed by atoms with Gasteiger partial charge >= 0.3 is 0 Å². The van der Waals surface area contributed by atoms with Gasteiger partial charge in [-0.2, -0.15) is 0 Å². The molecule has 0 saturated heterocycles. The summed E-state index contributed by atoms with van der Waals surface area (Å²) in [4.78, 5) is 27.0. The lowest BCUT2D eigenvalue weighted by Gasteiger charge is -2.31. The van der Waals surface area contributed by atoms with E-state index in [1.165, 1.54) is 0 Å². The lowest BCUT2D eigenvalue weighted by Crippen LogP contribution is -2.43. The summed E-state index contributed by atoms with van der Waals surface area (Å²) >= 11 is 5.94. The van der Waals surface area contributed by atoms with Gasteiger partial charge in [-0.3, -0.25) is 9.59 Å². The molecule has 0 aliphatic rings. The summed E-state index contributed by atoms with van der Waals surface area (Å²) in [7, 11) is 0. The molecule has 2 aromatic rings. The molecule has 0 saturated carbocycles. The van der Waals surface area contributed by atoms with E-state index in [2.05, 4.69) is 5.32 Å². The van der Waals surface area contributed by atoms with Crippen molar-refractivity contribution in [3.8, 4) is 0 Å². The lowest BCUT2D eigenvalue weighted by molar-refractivity contribution is -0.141. The van der Waals surface area contributed by atoms with Crippen molar-refractivity contribution in [2.45, 2.75) is 25.9 Å². The van der Waals surface area contributed by atoms with Crippen LogP contribution in [0.1, 0.15) is 30.5 Å². The molecule has 6 heteroatoms. The summed E-state index contributed by atoms with van der Waals surface area (Å²) in [6.45, 7) is 2.03. The van der Waals surface area contributed by atoms with E-state index < -0.39 is 6.04 Å². The Kier molecular flexibility index (Phi) is 7.63. The van der Waals surface area contributed by atoms with Gasteiger partial charge in [-0.05, 0) is 23.3 Å². The summed E-state index contributed by atoms with van der Waals surface area (Å²) in [5.74, 6) is -0.450. The second-order valence-corrected chi connectivity index (χ2v) is 6.27. The monoisotopic (exact) mass is 374 g/mol. The van der Waals surface area contributed by atoms with Crippen molar-refractivity contribution in [2.75, 3.05) is 13.2 Å². The number of benzene rings is 2. The Hall–Kier alpha value is -2.37. The molecular weight excluding hydrogens is 352 g/mol. The number of hydrogen-bond donors (Lipinski definition) is 2. The second-order valence-electron chi connectivity index (χ2n) is 5.83. The van der Waals surface area contributed by atoms with Gasteiger partial charge < -0.3 is 15.3 Å². The van der Waals surface area contributed by atoms with Crippen molar-refractivity contribution in [2.24, 2.45) is 0 Å². The first-order valence-electron chi connectivity index (χ1n) is 8.54. The molecular formula is C20H23ClN2O3. The zero-order valence-electron chi connectivity index (χ0n) is 14.7. The largest absolute Gasteiger partial charge is 0.395 e. The number of nitrogens with zero attached hydrogens (tertiary/aromatic N) is 1. The number of carbonyl (C=O) groups is 2. The summed E-state index contributed by atoms with van der Waals surface area (Å²) in [6, 6.07) is 15.6. The van der Waals surface area contributed by atoms with Crippen LogP contribution in [-0.2, 0) is 16.1 Å². The van der Waals surface area contributed by atoms with Crippen LogP contribution >= 0.6 is 11.6 Å². The molecule has 0 aliphatic heterocycles. The highest BCUT2D eigenvalue weighted by Crippen LogP contribution is 2.25. The number of nitrogens with one attached hydrogen (secondary N) is 1. The number of hydrogen-bond acceptors (Lipinski definition) is 3. The zero-order chi connectivity index (χ0) is 18.9. The first-order chi connectivity index (χ1) is 12.6. The SMILES string of the molecule is CCC(=O)N(Cc1ccc(Cl)cc1)C(C(=O)NCCO)c1ccccc1. The minimum atomic E-state index is -0.772. The summed E-state index contributed by atoms with van der Waals surface area (Å²) < 4.78 is 0. The van der Waals surface area contributed by atoms with E-state index in [1.807, 2.05) is 42.5 Å². The predicted molar refractivity (Wildman–Crippen MR) is 102 cm³/mol. The molecule has 1 unspecified atom stereocenters. The van der Waals surface area contributed by atoms with Gasteiger partial charge in [-0.15, -0.1) is 0 Å². The maximum Gasteiger partial charge on any atom is 0.247 e. The maximum atomic E-state index is 12.8. The molecule has 0 aromatic heterocycles. The van der Waals surface area contributed by atoms with Crippen molar-refractivity contribution < 1.29 is 14.7 Å². The van der Waals surface area contributed by atoms with Gasteiger partial charge in [0, 0.05) is 24.5 Å². The molecule has 0 spiro atoms. The second kappa shape index (κ2) is 9.94. The molecule has 1 atom stereocenters. The molecule has 0 bridgehead atoms. The number of halogens is 1. The quantitative estimate of drug-likeness (QED) is 0.746. The highest BCUT2D eigenvalue weighted by Gasteiger charge is 2.30. The molecule has 2 rings (SSSR count). The van der Waals surface area contributed by atoms with Crippen molar-refractivity contribution in [3.05, 3.63) is 70.7 Å². The third kappa shape index (κ3) is 5.31. The van der Waals surface area contributed by atoms with Crippen molar-refractivity contribution in [1.82, 2.24) is 10.2 Å². The molecule has 2 aromatic carbocycles. The minimum Gasteiger partial charge on any atom is -0.395 e. The Morgan fingerprint density at radius 1 is 1.12 bits per heavy atom. The Labute approximate surface area is 158 Å². The third-order valence-electron chi connectivity index (χ3n) is 3.98. The topological polar surface area (TPSA) is 69.6 Å². The van der Waals surface area contributed by atoms with Crippen LogP contribution in [-0.4, -0.2) is 35.0 Å². The van der Waals surface area contributed by atoms with Gasteiger partial charge in [0.2, 0.25) is 11.8 Å². The Balaban J connectivity index is 2.38. The van der Waals surface area contributed by atoms with E-state index in [0.29, 0.717) is 5.02 Å². The summed E-state index contributed by atoms with van der Waals surface area (Å²) in [6.07, 6.45) is 0.282. The minimum absolute atomic E-state index is 0.132. The van der Waals surface area contributed by atoms with Gasteiger partial charge in [0.25, 0.3) is 0 Å². The molecule has 138 valence electrons. The summed E-state index contributed by atoms with van der Waals surface area (Å²) in [5.41, 5.74) is 1.60. The fraction of sp³-hybridized carbons (Fsp3) is 0.300. The van der Waals surface area contributed by atoms with Crippen LogP contribution in [0.4, 0.5) is 0 Å². The molecule has 0 radical (unpaired) electrons. The van der Waals surface area contributed by atoms with Crippen molar-refractivity contribution in [3.63, 3.8) is 0 Å². The highest BCUT2D eigenvalue weighted by molar-refractivity contribution is 6.30. The van der Waals surface area contributed by atoms with Gasteiger partial charge in [0.05, 0.1) is 6.61 Å². The van der Waals surface area contributed by atoms with Crippen LogP contribution in [0.3, 0.4) is 0 Å². The van der Waals surface area contributed by atoms with E-state index in [1.54, 1.807) is 24.0 Å². The molecule has 0 fully saturated rings. The predicted octanol–water partition coefficient (Wildman–Crippen LogP) is 2.93. The maximum absolute atomic E-state index is 12.8. The molecule has 5 nitrogen and oxygen atoms in total. The van der Waals surface area contributed by atoms with Crippen LogP contribution in [0, 0.1) is 0 Å². The number of rotatable bonds is 8. The van der Waals surface area contributed by atoms with Gasteiger partial charge in [0.15, 0.2) is 0 Å². The molecule has 2 amide bonds. The first kappa shape index (κ1) is 19.9. The normalized spacial score (nSPS) is 11.7. The smallest absolute Gasteiger partial charge is 0.247 e. The number of aliphatic hydroxyl groups excluding tert-OH is 1. The van der Waals surface area contributed by atoms with E-state index in [0.717, 1.165) is 11.1 Å². The number of aliphatic hydroxyl groups is 1. The Morgan fingerprint density at radius 2 is 1.77 bits per heavy atom. The first-order valence-corrected chi connectivity index (χ1v) is 8.92. The molecule has 0 heterocycles. The van der Waals surface area contributed by atoms with Crippen LogP contribution in [0.2, 0.25) is 5.02 Å². The average molecular weight is 375 g/mol. The van der Waals surface area contributed by atoms with Crippen LogP contribution in [0.5, 0.6) is 0 Å². The van der Waals surface area contributed by atoms with Crippen LogP contribution < -0.4 is 5.32 Å². The van der Waals surface area contributed by atoms with Crippen LogP contribution in [0.15, 0.2) is 54.6 Å². The van der Waals surface area contributed by atoms with Gasteiger partial charge in [-0.1, -0.05) is 61.0 Å². The fourth-order valence-corrected chi connectivity index (χ4v) is 2.82. The standard InChI is InChI=1S/C20H23ClN2O3/c1-2-18(25)23(14-15-8-10-17(21)11-9-15)19(20(26)22-12-13-24)16-6-4-3-5-7-16/h3-11,19,24H,2,12-14H2,1H3,(H,22,26). The average Bonchev–Trinajstić information content (AvgIpc) is 2.67. The van der Waals surface area contributed by atoms with E-state index >= 15 is 0 Å². The molecule has 0 aliphatic carbocycles. The van der Waals surface area contributed by atoms with Crippen LogP contribution in [0.25, 0.3) is 0 Å². The van der Waals surface area contributed by atoms with E-state index in [-0.39, 0.29) is 37.9 Å². The van der Waals surface area contributed by atoms with E-state index in [4.69, 9.17) is 16.7 Å². The fourth-order valence-electron chi connectivity index (χ4n) is 2.70. The Bertz CT molecular complexity index is 720. The van der Waals surface area contributed by atoms with Gasteiger partial charge in [0.1, 0.15) is 6.04 Å². The molecule has 2 N–H and O–H groups in total. The highest BCUT2D eigenvalue weighted by atomic mass is 35.5. The number of amides is 2.